The molecule has 2 aromatic rings. The van der Waals surface area contributed by atoms with Crippen LogP contribution in [0.5, 0.6) is 0 Å². The molecular formula is C13H13N3O2S2. The smallest absolute Gasteiger partial charge is 0.267 e. The Labute approximate surface area is 124 Å². The van der Waals surface area contributed by atoms with Crippen LogP contribution in [0.3, 0.4) is 0 Å². The quantitative estimate of drug-likeness (QED) is 0.519. The number of thiazole rings is 1. The first-order valence-corrected chi connectivity index (χ1v) is 7.94. The van der Waals surface area contributed by atoms with E-state index in [1.165, 1.54) is 28.2 Å². The van der Waals surface area contributed by atoms with E-state index in [0.717, 1.165) is 17.7 Å². The Balaban J connectivity index is 1.73. The van der Waals surface area contributed by atoms with E-state index in [9.17, 15) is 4.79 Å². The fourth-order valence-electron chi connectivity index (χ4n) is 2.15. The lowest BCUT2D eigenvalue weighted by Crippen LogP contribution is -2.10. The summed E-state index contributed by atoms with van der Waals surface area (Å²) in [7, 11) is 0. The lowest BCUT2D eigenvalue weighted by Gasteiger charge is -1.98. The van der Waals surface area contributed by atoms with E-state index in [-0.39, 0.29) is 5.91 Å². The number of aryl methyl sites for hydroxylation is 2. The summed E-state index contributed by atoms with van der Waals surface area (Å²) in [6.07, 6.45) is 3.35. The van der Waals surface area contributed by atoms with Gasteiger partial charge in [-0.1, -0.05) is 5.16 Å². The van der Waals surface area contributed by atoms with Gasteiger partial charge in [-0.3, -0.25) is 10.1 Å². The summed E-state index contributed by atoms with van der Waals surface area (Å²) in [4.78, 5) is 18.4. The Hall–Kier alpha value is -1.73. The second-order valence-corrected chi connectivity index (χ2v) is 6.58. The van der Waals surface area contributed by atoms with Crippen LogP contribution < -0.4 is 5.32 Å². The number of anilines is 1. The van der Waals surface area contributed by atoms with Gasteiger partial charge in [0.25, 0.3) is 5.91 Å². The maximum Gasteiger partial charge on any atom is 0.267 e. The van der Waals surface area contributed by atoms with Crippen molar-refractivity contribution in [3.05, 3.63) is 32.5 Å². The minimum Gasteiger partial charge on any atom is -0.411 e. The van der Waals surface area contributed by atoms with Gasteiger partial charge in [-0.05, 0) is 37.8 Å². The van der Waals surface area contributed by atoms with Gasteiger partial charge in [0.2, 0.25) is 0 Å². The third-order valence-electron chi connectivity index (χ3n) is 3.22. The van der Waals surface area contributed by atoms with Crippen LogP contribution in [0.15, 0.2) is 16.6 Å². The molecule has 0 spiro atoms. The molecule has 1 amide bonds. The van der Waals surface area contributed by atoms with Crippen LogP contribution in [0.4, 0.5) is 5.13 Å². The molecular weight excluding hydrogens is 294 g/mol. The number of oxime groups is 1. The average Bonchev–Trinajstić information content (AvgIpc) is 3.11. The Morgan fingerprint density at radius 1 is 1.50 bits per heavy atom. The standard InChI is InChI=1S/C13H13N3O2S2/c1-7(16-18)9-6-19-13(14-9)15-12(17)11-5-8-3-2-4-10(8)20-11/h5-6,18H,2-4H2,1H3,(H,14,15,17). The van der Waals surface area contributed by atoms with Crippen molar-refractivity contribution in [2.45, 2.75) is 26.2 Å². The third kappa shape index (κ3) is 2.46. The van der Waals surface area contributed by atoms with Gasteiger partial charge in [0.05, 0.1) is 4.88 Å². The molecule has 7 heteroatoms. The molecule has 1 aliphatic rings. The maximum absolute atomic E-state index is 12.2. The highest BCUT2D eigenvalue weighted by molar-refractivity contribution is 7.15. The number of thiophene rings is 1. The zero-order valence-corrected chi connectivity index (χ0v) is 12.5. The van der Waals surface area contributed by atoms with Crippen LogP contribution in [0.2, 0.25) is 0 Å². The maximum atomic E-state index is 12.2. The SMILES string of the molecule is CC(=NO)c1csc(NC(=O)c2cc3c(s2)CCC3)n1. The van der Waals surface area contributed by atoms with Crippen LogP contribution in [0, 0.1) is 0 Å². The van der Waals surface area contributed by atoms with Crippen molar-refractivity contribution >= 4 is 39.4 Å². The number of amides is 1. The van der Waals surface area contributed by atoms with E-state index in [2.05, 4.69) is 15.5 Å². The third-order valence-corrected chi connectivity index (χ3v) is 5.21. The minimum atomic E-state index is -0.121. The molecule has 2 aromatic heterocycles. The number of aromatic nitrogens is 1. The van der Waals surface area contributed by atoms with Gasteiger partial charge in [-0.2, -0.15) is 0 Å². The summed E-state index contributed by atoms with van der Waals surface area (Å²) in [5, 5.41) is 16.8. The molecule has 0 radical (unpaired) electrons. The van der Waals surface area contributed by atoms with E-state index in [1.807, 2.05) is 6.07 Å². The van der Waals surface area contributed by atoms with Crippen molar-refractivity contribution in [1.29, 1.82) is 0 Å². The Morgan fingerprint density at radius 3 is 3.10 bits per heavy atom. The van der Waals surface area contributed by atoms with Gasteiger partial charge in [0.1, 0.15) is 11.4 Å². The summed E-state index contributed by atoms with van der Waals surface area (Å²) in [5.74, 6) is -0.121. The molecule has 0 fully saturated rings. The van der Waals surface area contributed by atoms with E-state index in [1.54, 1.807) is 23.6 Å². The largest absolute Gasteiger partial charge is 0.411 e. The van der Waals surface area contributed by atoms with Gasteiger partial charge in [0.15, 0.2) is 5.13 Å². The predicted molar refractivity (Wildman–Crippen MR) is 80.4 cm³/mol. The van der Waals surface area contributed by atoms with Gasteiger partial charge in [0, 0.05) is 10.3 Å². The second kappa shape index (κ2) is 5.34. The number of rotatable bonds is 3. The molecule has 5 nitrogen and oxygen atoms in total. The van der Waals surface area contributed by atoms with E-state index < -0.39 is 0 Å². The number of hydrogen-bond donors (Lipinski definition) is 2. The topological polar surface area (TPSA) is 74.6 Å². The molecule has 0 aliphatic heterocycles. The lowest BCUT2D eigenvalue weighted by molar-refractivity contribution is 0.103. The Kier molecular flexibility index (Phi) is 3.54. The van der Waals surface area contributed by atoms with Crippen LogP contribution in [-0.4, -0.2) is 21.8 Å². The highest BCUT2D eigenvalue weighted by atomic mass is 32.1. The first-order valence-electron chi connectivity index (χ1n) is 6.25. The fourth-order valence-corrected chi connectivity index (χ4v) is 4.05. The van der Waals surface area contributed by atoms with Gasteiger partial charge >= 0.3 is 0 Å². The second-order valence-electron chi connectivity index (χ2n) is 4.59. The zero-order valence-electron chi connectivity index (χ0n) is 10.8. The summed E-state index contributed by atoms with van der Waals surface area (Å²) >= 11 is 2.88. The monoisotopic (exact) mass is 307 g/mol. The number of nitrogens with one attached hydrogen (secondary N) is 1. The molecule has 1 aliphatic carbocycles. The highest BCUT2D eigenvalue weighted by Gasteiger charge is 2.19. The van der Waals surface area contributed by atoms with Crippen LogP contribution in [0.25, 0.3) is 0 Å². The first kappa shape index (κ1) is 13.3. The minimum absolute atomic E-state index is 0.121. The van der Waals surface area contributed by atoms with Crippen molar-refractivity contribution in [3.63, 3.8) is 0 Å². The average molecular weight is 307 g/mol. The first-order chi connectivity index (χ1) is 9.67. The van der Waals surface area contributed by atoms with Crippen molar-refractivity contribution in [1.82, 2.24) is 4.98 Å². The molecule has 104 valence electrons. The van der Waals surface area contributed by atoms with Gasteiger partial charge in [-0.15, -0.1) is 22.7 Å². The van der Waals surface area contributed by atoms with Crippen LogP contribution in [0.1, 0.15) is 39.2 Å². The Bertz CT molecular complexity index is 666. The molecule has 2 heterocycles. The molecule has 0 bridgehead atoms. The zero-order chi connectivity index (χ0) is 14.1. The number of carbonyl (C=O) groups excluding carboxylic acids is 1. The van der Waals surface area contributed by atoms with E-state index in [4.69, 9.17) is 5.21 Å². The molecule has 20 heavy (non-hydrogen) atoms. The molecule has 0 saturated heterocycles. The summed E-state index contributed by atoms with van der Waals surface area (Å²) < 4.78 is 0. The van der Waals surface area contributed by atoms with Crippen LogP contribution >= 0.6 is 22.7 Å². The predicted octanol–water partition coefficient (Wildman–Crippen LogP) is 3.14. The van der Waals surface area contributed by atoms with Crippen LogP contribution in [-0.2, 0) is 12.8 Å². The molecule has 0 aromatic carbocycles. The van der Waals surface area contributed by atoms with Crippen molar-refractivity contribution in [2.24, 2.45) is 5.16 Å². The number of fused-ring (bicyclic) bond motifs is 1. The summed E-state index contributed by atoms with van der Waals surface area (Å²) in [5.41, 5.74) is 2.31. The van der Waals surface area contributed by atoms with Gasteiger partial charge < -0.3 is 5.21 Å². The fraction of sp³-hybridized carbons (Fsp3) is 0.308. The number of nitrogens with zero attached hydrogens (tertiary/aromatic N) is 2. The molecule has 0 saturated carbocycles. The van der Waals surface area contributed by atoms with Crippen molar-refractivity contribution < 1.29 is 10.0 Å². The lowest BCUT2D eigenvalue weighted by atomic mass is 10.2. The number of carbonyl (C=O) groups is 1. The molecule has 0 unspecified atom stereocenters. The van der Waals surface area contributed by atoms with E-state index >= 15 is 0 Å². The normalized spacial score (nSPS) is 14.3. The molecule has 2 N–H and O–H groups in total. The molecule has 0 atom stereocenters. The van der Waals surface area contributed by atoms with Crippen molar-refractivity contribution in [2.75, 3.05) is 5.32 Å². The Morgan fingerprint density at radius 2 is 2.35 bits per heavy atom. The van der Waals surface area contributed by atoms with Crippen molar-refractivity contribution in [3.8, 4) is 0 Å². The molecule has 3 rings (SSSR count). The number of hydrogen-bond acceptors (Lipinski definition) is 6. The summed E-state index contributed by atoms with van der Waals surface area (Å²) in [6.45, 7) is 1.66. The summed E-state index contributed by atoms with van der Waals surface area (Å²) in [6, 6.07) is 1.98. The van der Waals surface area contributed by atoms with E-state index in [0.29, 0.717) is 16.5 Å². The van der Waals surface area contributed by atoms with Gasteiger partial charge in [-0.25, -0.2) is 4.98 Å². The highest BCUT2D eigenvalue weighted by Crippen LogP contribution is 2.31.